The van der Waals surface area contributed by atoms with Crippen molar-refractivity contribution in [3.8, 4) is 5.69 Å². The molecule has 0 N–H and O–H groups in total. The van der Waals surface area contributed by atoms with Crippen molar-refractivity contribution in [3.05, 3.63) is 82.9 Å². The van der Waals surface area contributed by atoms with Gasteiger partial charge in [0.2, 0.25) is 0 Å². The first-order chi connectivity index (χ1) is 14.1. The van der Waals surface area contributed by atoms with Crippen molar-refractivity contribution >= 4 is 17.5 Å². The lowest BCUT2D eigenvalue weighted by Crippen LogP contribution is -2.53. The third-order valence-corrected chi connectivity index (χ3v) is 6.63. The van der Waals surface area contributed by atoms with Crippen molar-refractivity contribution in [2.24, 2.45) is 0 Å². The second-order valence-electron chi connectivity index (χ2n) is 7.94. The number of hydrogen-bond acceptors (Lipinski definition) is 3. The van der Waals surface area contributed by atoms with E-state index in [1.54, 1.807) is 12.1 Å². The fraction of sp³-hybridized carbons (Fsp3) is 0.304. The molecule has 148 valence electrons. The van der Waals surface area contributed by atoms with Crippen LogP contribution < -0.4 is 0 Å². The quantitative estimate of drug-likeness (QED) is 0.610. The number of imidazole rings is 1. The van der Waals surface area contributed by atoms with E-state index in [4.69, 9.17) is 16.6 Å². The molecule has 1 fully saturated rings. The Morgan fingerprint density at radius 1 is 1.10 bits per heavy atom. The summed E-state index contributed by atoms with van der Waals surface area (Å²) in [7, 11) is 2.18. The van der Waals surface area contributed by atoms with Crippen LogP contribution in [0.25, 0.3) is 5.69 Å². The first-order valence-electron chi connectivity index (χ1n) is 9.97. The van der Waals surface area contributed by atoms with Crippen molar-refractivity contribution in [1.29, 1.82) is 0 Å². The summed E-state index contributed by atoms with van der Waals surface area (Å²) in [6, 6.07) is 15.7. The number of amides is 1. The number of fused-ring (bicyclic) bond motifs is 4. The summed E-state index contributed by atoms with van der Waals surface area (Å²) in [4.78, 5) is 22.1. The summed E-state index contributed by atoms with van der Waals surface area (Å²) in [5, 5.41) is 0.590. The molecule has 5 nitrogen and oxygen atoms in total. The van der Waals surface area contributed by atoms with Crippen LogP contribution in [0.4, 0.5) is 0 Å². The fourth-order valence-corrected chi connectivity index (χ4v) is 4.98. The molecule has 1 spiro atoms. The zero-order valence-electron chi connectivity index (χ0n) is 16.4. The van der Waals surface area contributed by atoms with Crippen LogP contribution in [0, 0.1) is 0 Å². The number of carbonyl (C=O) groups is 1. The van der Waals surface area contributed by atoms with Crippen LogP contribution in [-0.4, -0.2) is 45.4 Å². The topological polar surface area (TPSA) is 41.4 Å². The fourth-order valence-electron chi connectivity index (χ4n) is 4.79. The molecular formula is C23H23ClN4O. The van der Waals surface area contributed by atoms with Crippen molar-refractivity contribution in [3.63, 3.8) is 0 Å². The molecular weight excluding hydrogens is 384 g/mol. The van der Waals surface area contributed by atoms with Crippen LogP contribution in [0.15, 0.2) is 60.9 Å². The summed E-state index contributed by atoms with van der Waals surface area (Å²) in [6.45, 7) is 2.25. The first kappa shape index (κ1) is 18.4. The van der Waals surface area contributed by atoms with Gasteiger partial charge in [-0.15, -0.1) is 0 Å². The van der Waals surface area contributed by atoms with Gasteiger partial charge in [0.05, 0.1) is 11.2 Å². The van der Waals surface area contributed by atoms with E-state index in [1.807, 2.05) is 23.2 Å². The third-order valence-electron chi connectivity index (χ3n) is 6.40. The van der Waals surface area contributed by atoms with Crippen LogP contribution in [0.2, 0.25) is 5.02 Å². The second-order valence-corrected chi connectivity index (χ2v) is 8.38. The van der Waals surface area contributed by atoms with Gasteiger partial charge in [0.25, 0.3) is 5.91 Å². The van der Waals surface area contributed by atoms with E-state index >= 15 is 0 Å². The molecule has 5 rings (SSSR count). The van der Waals surface area contributed by atoms with Crippen molar-refractivity contribution in [2.45, 2.75) is 24.9 Å². The van der Waals surface area contributed by atoms with Crippen LogP contribution in [0.3, 0.4) is 0 Å². The smallest absolute Gasteiger partial charge is 0.253 e. The Hall–Kier alpha value is -2.63. The molecule has 0 bridgehead atoms. The Bertz CT molecular complexity index is 1070. The van der Waals surface area contributed by atoms with Gasteiger partial charge in [0, 0.05) is 42.6 Å². The standard InChI is InChI=1S/C23H23ClN4O/c1-26-16-18-5-2-3-8-20(18)28-14-11-25-22(28)23(26)9-12-27(13-10-23)21(29)17-6-4-7-19(24)15-17/h2-8,11,14-15H,9-10,12-13,16H2,1H3. The van der Waals surface area contributed by atoms with Crippen molar-refractivity contribution in [1.82, 2.24) is 19.4 Å². The van der Waals surface area contributed by atoms with Crippen LogP contribution in [-0.2, 0) is 12.1 Å². The molecule has 3 aromatic rings. The Kier molecular flexibility index (Phi) is 4.45. The Morgan fingerprint density at radius 3 is 2.69 bits per heavy atom. The molecule has 0 radical (unpaired) electrons. The minimum Gasteiger partial charge on any atom is -0.338 e. The van der Waals surface area contributed by atoms with E-state index in [0.29, 0.717) is 23.7 Å². The number of hydrogen-bond donors (Lipinski definition) is 0. The number of para-hydroxylation sites is 1. The Labute approximate surface area is 175 Å². The zero-order valence-corrected chi connectivity index (χ0v) is 17.1. The number of rotatable bonds is 1. The molecule has 6 heteroatoms. The van der Waals surface area contributed by atoms with E-state index in [2.05, 4.69) is 47.0 Å². The SMILES string of the molecule is CN1Cc2ccccc2-n2ccnc2C12CCN(C(=O)c1cccc(Cl)c1)CC2. The highest BCUT2D eigenvalue weighted by Crippen LogP contribution is 2.42. The van der Waals surface area contributed by atoms with Gasteiger partial charge in [-0.3, -0.25) is 9.69 Å². The molecule has 0 atom stereocenters. The number of piperidine rings is 1. The normalized spacial score (nSPS) is 18.2. The minimum absolute atomic E-state index is 0.0465. The van der Waals surface area contributed by atoms with Gasteiger partial charge in [-0.1, -0.05) is 35.9 Å². The monoisotopic (exact) mass is 406 g/mol. The zero-order chi connectivity index (χ0) is 20.0. The molecule has 29 heavy (non-hydrogen) atoms. The molecule has 0 saturated carbocycles. The number of aromatic nitrogens is 2. The Morgan fingerprint density at radius 2 is 1.90 bits per heavy atom. The molecule has 1 saturated heterocycles. The van der Waals surface area contributed by atoms with E-state index in [-0.39, 0.29) is 11.4 Å². The number of benzene rings is 2. The van der Waals surface area contributed by atoms with Gasteiger partial charge < -0.3 is 9.47 Å². The molecule has 0 aliphatic carbocycles. The molecule has 1 aromatic heterocycles. The summed E-state index contributed by atoms with van der Waals surface area (Å²) in [6.07, 6.45) is 5.64. The lowest BCUT2D eigenvalue weighted by Gasteiger charge is -2.46. The van der Waals surface area contributed by atoms with Gasteiger partial charge >= 0.3 is 0 Å². The van der Waals surface area contributed by atoms with Gasteiger partial charge in [-0.2, -0.15) is 0 Å². The highest BCUT2D eigenvalue weighted by atomic mass is 35.5. The lowest BCUT2D eigenvalue weighted by molar-refractivity contribution is 0.0230. The average Bonchev–Trinajstić information content (AvgIpc) is 3.21. The molecule has 2 aliphatic heterocycles. The van der Waals surface area contributed by atoms with Gasteiger partial charge in [-0.25, -0.2) is 4.98 Å². The van der Waals surface area contributed by atoms with Gasteiger partial charge in [-0.05, 0) is 49.7 Å². The molecule has 2 aromatic carbocycles. The van der Waals surface area contributed by atoms with E-state index in [0.717, 1.165) is 25.2 Å². The maximum absolute atomic E-state index is 13.0. The minimum atomic E-state index is -0.187. The number of carbonyl (C=O) groups excluding carboxylic acids is 1. The summed E-state index contributed by atoms with van der Waals surface area (Å²) in [5.74, 6) is 1.12. The Balaban J connectivity index is 1.45. The van der Waals surface area contributed by atoms with E-state index < -0.39 is 0 Å². The van der Waals surface area contributed by atoms with Crippen molar-refractivity contribution in [2.75, 3.05) is 20.1 Å². The maximum Gasteiger partial charge on any atom is 0.253 e. The first-order valence-corrected chi connectivity index (χ1v) is 10.3. The molecule has 0 unspecified atom stereocenters. The summed E-state index contributed by atoms with van der Waals surface area (Å²) >= 11 is 6.08. The number of halogens is 1. The van der Waals surface area contributed by atoms with Gasteiger partial charge in [0.1, 0.15) is 5.82 Å². The van der Waals surface area contributed by atoms with Crippen LogP contribution >= 0.6 is 11.6 Å². The number of nitrogens with zero attached hydrogens (tertiary/aromatic N) is 4. The molecule has 2 aliphatic rings. The predicted octanol–water partition coefficient (Wildman–Crippen LogP) is 4.10. The third kappa shape index (κ3) is 2.96. The summed E-state index contributed by atoms with van der Waals surface area (Å²) in [5.41, 5.74) is 2.95. The average molecular weight is 407 g/mol. The highest BCUT2D eigenvalue weighted by molar-refractivity contribution is 6.30. The van der Waals surface area contributed by atoms with E-state index in [9.17, 15) is 4.79 Å². The highest BCUT2D eigenvalue weighted by Gasteiger charge is 2.45. The van der Waals surface area contributed by atoms with Crippen molar-refractivity contribution < 1.29 is 4.79 Å². The van der Waals surface area contributed by atoms with E-state index in [1.165, 1.54) is 11.3 Å². The molecule has 1 amide bonds. The lowest BCUT2D eigenvalue weighted by atomic mass is 9.84. The molecule has 3 heterocycles. The van der Waals surface area contributed by atoms with Crippen LogP contribution in [0.5, 0.6) is 0 Å². The predicted molar refractivity (Wildman–Crippen MR) is 113 cm³/mol. The number of likely N-dealkylation sites (tertiary alicyclic amines) is 1. The second kappa shape index (κ2) is 7.01. The van der Waals surface area contributed by atoms with Gasteiger partial charge in [0.15, 0.2) is 0 Å². The van der Waals surface area contributed by atoms with Crippen LogP contribution in [0.1, 0.15) is 34.6 Å². The maximum atomic E-state index is 13.0. The largest absolute Gasteiger partial charge is 0.338 e. The summed E-state index contributed by atoms with van der Waals surface area (Å²) < 4.78 is 2.23.